The number of nitrogens with two attached hydrogens (primary N) is 1. The summed E-state index contributed by atoms with van der Waals surface area (Å²) in [7, 11) is 0. The summed E-state index contributed by atoms with van der Waals surface area (Å²) < 4.78 is 5.43. The van der Waals surface area contributed by atoms with Gasteiger partial charge in [0.25, 0.3) is 0 Å². The SMILES string of the molecule is CC[C@H](N)c1cnc(N2CCN(C(=O)OC(C)(C)C)CC2)cc1C. The predicted molar refractivity (Wildman–Crippen MR) is 96.2 cm³/mol. The summed E-state index contributed by atoms with van der Waals surface area (Å²) in [6.45, 7) is 12.6. The summed E-state index contributed by atoms with van der Waals surface area (Å²) in [6.07, 6.45) is 2.55. The fourth-order valence-corrected chi connectivity index (χ4v) is 2.78. The zero-order valence-electron chi connectivity index (χ0n) is 15.5. The molecule has 1 amide bonds. The molecule has 0 aromatic carbocycles. The minimum absolute atomic E-state index is 0.0376. The molecule has 2 rings (SSSR count). The van der Waals surface area contributed by atoms with Gasteiger partial charge in [-0.1, -0.05) is 6.92 Å². The molecule has 0 radical (unpaired) electrons. The Morgan fingerprint density at radius 1 is 1.33 bits per heavy atom. The van der Waals surface area contributed by atoms with Crippen molar-refractivity contribution in [3.8, 4) is 0 Å². The van der Waals surface area contributed by atoms with Crippen LogP contribution in [0.2, 0.25) is 0 Å². The highest BCUT2D eigenvalue weighted by atomic mass is 16.6. The third kappa shape index (κ3) is 4.60. The molecule has 0 saturated carbocycles. The summed E-state index contributed by atoms with van der Waals surface area (Å²) in [6, 6.07) is 2.13. The number of carbonyl (C=O) groups is 1. The molecule has 0 aliphatic carbocycles. The van der Waals surface area contributed by atoms with Crippen LogP contribution in [-0.2, 0) is 4.74 Å². The Morgan fingerprint density at radius 3 is 2.46 bits per heavy atom. The van der Waals surface area contributed by atoms with E-state index in [-0.39, 0.29) is 12.1 Å². The highest BCUT2D eigenvalue weighted by Crippen LogP contribution is 2.22. The second kappa shape index (κ2) is 7.38. The summed E-state index contributed by atoms with van der Waals surface area (Å²) >= 11 is 0. The fraction of sp³-hybridized carbons (Fsp3) is 0.667. The van der Waals surface area contributed by atoms with Crippen molar-refractivity contribution in [2.24, 2.45) is 5.73 Å². The van der Waals surface area contributed by atoms with Crippen molar-refractivity contribution in [1.29, 1.82) is 0 Å². The molecule has 6 heteroatoms. The lowest BCUT2D eigenvalue weighted by molar-refractivity contribution is 0.0240. The Hall–Kier alpha value is -1.82. The standard InChI is InChI=1S/C18H30N4O2/c1-6-15(19)14-12-20-16(11-13(14)2)21-7-9-22(10-8-21)17(23)24-18(3,4)5/h11-12,15H,6-10,19H2,1-5H3/t15-/m0/s1. The summed E-state index contributed by atoms with van der Waals surface area (Å²) in [5.41, 5.74) is 7.93. The number of anilines is 1. The van der Waals surface area contributed by atoms with Gasteiger partial charge in [0.2, 0.25) is 0 Å². The van der Waals surface area contributed by atoms with Crippen LogP contribution < -0.4 is 10.6 Å². The van der Waals surface area contributed by atoms with Crippen molar-refractivity contribution in [3.63, 3.8) is 0 Å². The van der Waals surface area contributed by atoms with Crippen LogP contribution in [0.25, 0.3) is 0 Å². The third-order valence-electron chi connectivity index (χ3n) is 4.23. The molecule has 1 fully saturated rings. The first-order valence-corrected chi connectivity index (χ1v) is 8.66. The molecule has 0 spiro atoms. The quantitative estimate of drug-likeness (QED) is 0.920. The average Bonchev–Trinajstić information content (AvgIpc) is 2.52. The van der Waals surface area contributed by atoms with E-state index in [0.29, 0.717) is 13.1 Å². The number of aromatic nitrogens is 1. The van der Waals surface area contributed by atoms with E-state index in [4.69, 9.17) is 10.5 Å². The molecule has 1 saturated heterocycles. The van der Waals surface area contributed by atoms with Crippen molar-refractivity contribution in [2.45, 2.75) is 52.7 Å². The van der Waals surface area contributed by atoms with Crippen molar-refractivity contribution in [1.82, 2.24) is 9.88 Å². The molecule has 1 aliphatic rings. The Morgan fingerprint density at radius 2 is 1.96 bits per heavy atom. The minimum Gasteiger partial charge on any atom is -0.444 e. The lowest BCUT2D eigenvalue weighted by Crippen LogP contribution is -2.50. The van der Waals surface area contributed by atoms with Gasteiger partial charge in [-0.2, -0.15) is 0 Å². The molecular weight excluding hydrogens is 304 g/mol. The number of nitrogens with zero attached hydrogens (tertiary/aromatic N) is 3. The van der Waals surface area contributed by atoms with Crippen LogP contribution >= 0.6 is 0 Å². The van der Waals surface area contributed by atoms with Crippen LogP contribution in [0.5, 0.6) is 0 Å². The monoisotopic (exact) mass is 334 g/mol. The highest BCUT2D eigenvalue weighted by molar-refractivity contribution is 5.68. The van der Waals surface area contributed by atoms with Gasteiger partial charge >= 0.3 is 6.09 Å². The van der Waals surface area contributed by atoms with E-state index in [0.717, 1.165) is 30.9 Å². The number of aryl methyl sites for hydroxylation is 1. The Labute approximate surface area is 145 Å². The number of pyridine rings is 1. The molecule has 2 heterocycles. The molecule has 6 nitrogen and oxygen atoms in total. The number of rotatable bonds is 3. The topological polar surface area (TPSA) is 71.7 Å². The van der Waals surface area contributed by atoms with Gasteiger partial charge in [-0.05, 0) is 51.3 Å². The maximum Gasteiger partial charge on any atom is 0.410 e. The number of piperazine rings is 1. The maximum atomic E-state index is 12.1. The van der Waals surface area contributed by atoms with E-state index < -0.39 is 5.60 Å². The van der Waals surface area contributed by atoms with E-state index in [1.54, 1.807) is 4.90 Å². The van der Waals surface area contributed by atoms with Gasteiger partial charge in [0.1, 0.15) is 11.4 Å². The van der Waals surface area contributed by atoms with Crippen molar-refractivity contribution in [2.75, 3.05) is 31.1 Å². The molecule has 0 unspecified atom stereocenters. The second-order valence-corrected chi connectivity index (χ2v) is 7.37. The molecule has 1 aliphatic heterocycles. The van der Waals surface area contributed by atoms with E-state index in [9.17, 15) is 4.79 Å². The van der Waals surface area contributed by atoms with E-state index in [1.807, 2.05) is 27.0 Å². The molecule has 1 atom stereocenters. The average molecular weight is 334 g/mol. The van der Waals surface area contributed by atoms with Gasteiger partial charge in [0, 0.05) is 38.4 Å². The number of hydrogen-bond donors (Lipinski definition) is 1. The van der Waals surface area contributed by atoms with E-state index in [1.165, 1.54) is 5.56 Å². The largest absolute Gasteiger partial charge is 0.444 e. The Bertz CT molecular complexity index is 575. The Balaban J connectivity index is 1.97. The fourth-order valence-electron chi connectivity index (χ4n) is 2.78. The minimum atomic E-state index is -0.458. The molecule has 134 valence electrons. The lowest BCUT2D eigenvalue weighted by Gasteiger charge is -2.36. The molecule has 2 N–H and O–H groups in total. The summed E-state index contributed by atoms with van der Waals surface area (Å²) in [4.78, 5) is 20.7. The first-order chi connectivity index (χ1) is 11.2. The summed E-state index contributed by atoms with van der Waals surface area (Å²) in [5, 5.41) is 0. The van der Waals surface area contributed by atoms with Crippen LogP contribution in [-0.4, -0.2) is 47.8 Å². The number of amides is 1. The molecule has 24 heavy (non-hydrogen) atoms. The number of hydrogen-bond acceptors (Lipinski definition) is 5. The maximum absolute atomic E-state index is 12.1. The number of ether oxygens (including phenoxy) is 1. The zero-order chi connectivity index (χ0) is 17.9. The van der Waals surface area contributed by atoms with Crippen molar-refractivity contribution >= 4 is 11.9 Å². The van der Waals surface area contributed by atoms with Gasteiger partial charge in [-0.15, -0.1) is 0 Å². The van der Waals surface area contributed by atoms with Crippen LogP contribution in [0.3, 0.4) is 0 Å². The predicted octanol–water partition coefficient (Wildman–Crippen LogP) is 2.86. The highest BCUT2D eigenvalue weighted by Gasteiger charge is 2.26. The third-order valence-corrected chi connectivity index (χ3v) is 4.23. The van der Waals surface area contributed by atoms with Gasteiger partial charge < -0.3 is 20.3 Å². The number of carbonyl (C=O) groups excluding carboxylic acids is 1. The normalized spacial score (nSPS) is 16.9. The molecule has 1 aromatic rings. The van der Waals surface area contributed by atoms with Crippen LogP contribution in [0.1, 0.15) is 51.3 Å². The van der Waals surface area contributed by atoms with Gasteiger partial charge in [0.15, 0.2) is 0 Å². The van der Waals surface area contributed by atoms with Crippen LogP contribution in [0.15, 0.2) is 12.3 Å². The molecule has 1 aromatic heterocycles. The first kappa shape index (κ1) is 18.5. The smallest absolute Gasteiger partial charge is 0.410 e. The van der Waals surface area contributed by atoms with Gasteiger partial charge in [-0.3, -0.25) is 0 Å². The van der Waals surface area contributed by atoms with Crippen molar-refractivity contribution in [3.05, 3.63) is 23.4 Å². The van der Waals surface area contributed by atoms with Gasteiger partial charge in [0.05, 0.1) is 0 Å². The van der Waals surface area contributed by atoms with E-state index >= 15 is 0 Å². The van der Waals surface area contributed by atoms with Gasteiger partial charge in [-0.25, -0.2) is 9.78 Å². The van der Waals surface area contributed by atoms with Crippen LogP contribution in [0.4, 0.5) is 10.6 Å². The van der Waals surface area contributed by atoms with Crippen molar-refractivity contribution < 1.29 is 9.53 Å². The second-order valence-electron chi connectivity index (χ2n) is 7.37. The summed E-state index contributed by atoms with van der Waals surface area (Å²) in [5.74, 6) is 0.948. The Kier molecular flexibility index (Phi) is 5.70. The first-order valence-electron chi connectivity index (χ1n) is 8.66. The molecular formula is C18H30N4O2. The zero-order valence-corrected chi connectivity index (χ0v) is 15.5. The van der Waals surface area contributed by atoms with E-state index in [2.05, 4.69) is 29.8 Å². The van der Waals surface area contributed by atoms with Crippen LogP contribution in [0, 0.1) is 6.92 Å². The lowest BCUT2D eigenvalue weighted by atomic mass is 10.0. The molecule has 0 bridgehead atoms.